The first-order valence-electron chi connectivity index (χ1n) is 1.63. The van der Waals surface area contributed by atoms with Crippen LogP contribution in [0.5, 0.6) is 0 Å². The fourth-order valence-electron chi connectivity index (χ4n) is 0. The van der Waals surface area contributed by atoms with Gasteiger partial charge in [-0.2, -0.15) is 0 Å². The Bertz CT molecular complexity index is 57.6. The van der Waals surface area contributed by atoms with E-state index in [0.717, 1.165) is 0 Å². The number of hydrogen-bond acceptors (Lipinski definition) is 0. The second-order valence-electron chi connectivity index (χ2n) is 1.07. The lowest BCUT2D eigenvalue weighted by molar-refractivity contribution is 0.636. The summed E-state index contributed by atoms with van der Waals surface area (Å²) in [5.41, 5.74) is 0. The van der Waals surface area contributed by atoms with Crippen molar-refractivity contribution in [1.29, 1.82) is 0 Å². The number of allylic oxidation sites excluding steroid dienone is 2. The van der Waals surface area contributed by atoms with Crippen molar-refractivity contribution in [2.45, 2.75) is 13.8 Å². The van der Waals surface area contributed by atoms with Crippen LogP contribution in [0.3, 0.4) is 0 Å². The second-order valence-corrected chi connectivity index (χ2v) is 2.26. The maximum Gasteiger partial charge on any atom is 0.107 e. The number of halogens is 2. The predicted molar refractivity (Wildman–Crippen MR) is 28.4 cm³/mol. The van der Waals surface area contributed by atoms with Crippen molar-refractivity contribution in [3.05, 3.63) is 10.3 Å². The molecular weight excluding hydrogens is 147 g/mol. The summed E-state index contributed by atoms with van der Waals surface area (Å²) in [6.45, 7) is 3.07. The number of hydrogen-bond donors (Lipinski definition) is 0. The molecule has 6 heavy (non-hydrogen) atoms. The Labute approximate surface area is 45.2 Å². The van der Waals surface area contributed by atoms with E-state index in [-0.39, 0.29) is 5.83 Å². The normalized spacial score (nSPS) is 14.0. The molecule has 0 spiro atoms. The zero-order chi connectivity index (χ0) is 5.15. The van der Waals surface area contributed by atoms with E-state index in [1.165, 1.54) is 6.92 Å². The van der Waals surface area contributed by atoms with Gasteiger partial charge in [0, 0.05) is 4.48 Å². The molecule has 0 aliphatic heterocycles. The van der Waals surface area contributed by atoms with E-state index in [0.29, 0.717) is 4.48 Å². The van der Waals surface area contributed by atoms with Gasteiger partial charge in [0.05, 0.1) is 0 Å². The van der Waals surface area contributed by atoms with Crippen LogP contribution < -0.4 is 0 Å². The molecule has 0 bridgehead atoms. The molecule has 0 saturated heterocycles. The summed E-state index contributed by atoms with van der Waals surface area (Å²) in [4.78, 5) is 0. The minimum Gasteiger partial charge on any atom is -0.211 e. The third-order valence-corrected chi connectivity index (χ3v) is 1.02. The molecular formula is C4H6BrF. The summed E-state index contributed by atoms with van der Waals surface area (Å²) in [6.07, 6.45) is 0. The van der Waals surface area contributed by atoms with Crippen molar-refractivity contribution in [3.63, 3.8) is 0 Å². The van der Waals surface area contributed by atoms with E-state index in [1.807, 2.05) is 0 Å². The van der Waals surface area contributed by atoms with Gasteiger partial charge in [-0.3, -0.25) is 0 Å². The molecule has 0 fully saturated rings. The molecule has 0 saturated carbocycles. The van der Waals surface area contributed by atoms with Gasteiger partial charge >= 0.3 is 0 Å². The van der Waals surface area contributed by atoms with Gasteiger partial charge in [-0.1, -0.05) is 15.9 Å². The van der Waals surface area contributed by atoms with Crippen LogP contribution in [-0.4, -0.2) is 0 Å². The van der Waals surface area contributed by atoms with Crippen LogP contribution >= 0.6 is 15.9 Å². The summed E-state index contributed by atoms with van der Waals surface area (Å²) in [5.74, 6) is -0.157. The maximum absolute atomic E-state index is 11.7. The smallest absolute Gasteiger partial charge is 0.107 e. The molecule has 0 radical (unpaired) electrons. The first kappa shape index (κ1) is 6.15. The summed E-state index contributed by atoms with van der Waals surface area (Å²) in [5, 5.41) is 0. The van der Waals surface area contributed by atoms with E-state index in [1.54, 1.807) is 6.92 Å². The molecule has 0 nitrogen and oxygen atoms in total. The number of rotatable bonds is 0. The molecule has 0 atom stereocenters. The van der Waals surface area contributed by atoms with Crippen LogP contribution in [0.4, 0.5) is 4.39 Å². The standard InChI is InChI=1S/C4H6BrF/c1-3(5)4(2)6/h1-2H3/b4-3+. The van der Waals surface area contributed by atoms with Crippen LogP contribution in [-0.2, 0) is 0 Å². The minimum atomic E-state index is -0.157. The maximum atomic E-state index is 11.7. The predicted octanol–water partition coefficient (Wildman–Crippen LogP) is 2.60. The van der Waals surface area contributed by atoms with Crippen LogP contribution in [0, 0.1) is 0 Å². The largest absolute Gasteiger partial charge is 0.211 e. The first-order valence-corrected chi connectivity index (χ1v) is 2.42. The molecule has 36 valence electrons. The fraction of sp³-hybridized carbons (Fsp3) is 0.500. The van der Waals surface area contributed by atoms with Gasteiger partial charge < -0.3 is 0 Å². The van der Waals surface area contributed by atoms with Gasteiger partial charge in [0.1, 0.15) is 5.83 Å². The fourth-order valence-corrected chi connectivity index (χ4v) is 0. The minimum absolute atomic E-state index is 0.157. The molecule has 0 N–H and O–H groups in total. The van der Waals surface area contributed by atoms with Crippen molar-refractivity contribution in [1.82, 2.24) is 0 Å². The van der Waals surface area contributed by atoms with Gasteiger partial charge in [0.2, 0.25) is 0 Å². The van der Waals surface area contributed by atoms with Crippen LogP contribution in [0.2, 0.25) is 0 Å². The Balaban J connectivity index is 3.68. The Morgan fingerprint density at radius 2 is 1.67 bits per heavy atom. The molecule has 2 heteroatoms. The van der Waals surface area contributed by atoms with E-state index in [9.17, 15) is 4.39 Å². The van der Waals surface area contributed by atoms with Crippen LogP contribution in [0.1, 0.15) is 13.8 Å². The van der Waals surface area contributed by atoms with Gasteiger partial charge in [0.25, 0.3) is 0 Å². The van der Waals surface area contributed by atoms with Crippen molar-refractivity contribution >= 4 is 15.9 Å². The zero-order valence-corrected chi connectivity index (χ0v) is 5.34. The topological polar surface area (TPSA) is 0 Å². The molecule has 0 heterocycles. The van der Waals surface area contributed by atoms with Gasteiger partial charge in [0.15, 0.2) is 0 Å². The second kappa shape index (κ2) is 2.35. The average Bonchev–Trinajstić information content (AvgIpc) is 1.36. The molecule has 0 amide bonds. The summed E-state index contributed by atoms with van der Waals surface area (Å²) >= 11 is 2.94. The lowest BCUT2D eigenvalue weighted by Crippen LogP contribution is -1.59. The van der Waals surface area contributed by atoms with Gasteiger partial charge in [-0.05, 0) is 13.8 Å². The van der Waals surface area contributed by atoms with E-state index >= 15 is 0 Å². The Kier molecular flexibility index (Phi) is 2.40. The Morgan fingerprint density at radius 3 is 1.67 bits per heavy atom. The average molecular weight is 153 g/mol. The first-order chi connectivity index (χ1) is 2.64. The molecule has 0 unspecified atom stereocenters. The quantitative estimate of drug-likeness (QED) is 0.501. The van der Waals surface area contributed by atoms with Crippen LogP contribution in [0.25, 0.3) is 0 Å². The van der Waals surface area contributed by atoms with Crippen molar-refractivity contribution in [3.8, 4) is 0 Å². The third-order valence-electron chi connectivity index (χ3n) is 0.475. The lowest BCUT2D eigenvalue weighted by Gasteiger charge is -1.80. The van der Waals surface area contributed by atoms with Crippen molar-refractivity contribution < 1.29 is 4.39 Å². The van der Waals surface area contributed by atoms with E-state index < -0.39 is 0 Å². The highest BCUT2D eigenvalue weighted by molar-refractivity contribution is 9.11. The molecule has 0 aromatic rings. The van der Waals surface area contributed by atoms with Crippen molar-refractivity contribution in [2.75, 3.05) is 0 Å². The third kappa shape index (κ3) is 2.39. The Morgan fingerprint density at radius 1 is 1.50 bits per heavy atom. The zero-order valence-electron chi connectivity index (χ0n) is 3.76. The highest BCUT2D eigenvalue weighted by Crippen LogP contribution is 2.09. The van der Waals surface area contributed by atoms with Gasteiger partial charge in [-0.15, -0.1) is 0 Å². The van der Waals surface area contributed by atoms with E-state index in [2.05, 4.69) is 15.9 Å². The molecule has 0 rings (SSSR count). The summed E-state index contributed by atoms with van der Waals surface area (Å²) in [6, 6.07) is 0. The molecule has 0 aromatic heterocycles. The SMILES string of the molecule is C/C(F)=C(/C)Br. The van der Waals surface area contributed by atoms with Crippen molar-refractivity contribution in [2.24, 2.45) is 0 Å². The summed E-state index contributed by atoms with van der Waals surface area (Å²) < 4.78 is 12.2. The highest BCUT2D eigenvalue weighted by Gasteiger charge is 1.83. The van der Waals surface area contributed by atoms with Crippen LogP contribution in [0.15, 0.2) is 10.3 Å². The lowest BCUT2D eigenvalue weighted by atomic mass is 10.6. The molecule has 0 aliphatic carbocycles. The highest BCUT2D eigenvalue weighted by atomic mass is 79.9. The summed E-state index contributed by atoms with van der Waals surface area (Å²) in [7, 11) is 0. The monoisotopic (exact) mass is 152 g/mol. The van der Waals surface area contributed by atoms with Gasteiger partial charge in [-0.25, -0.2) is 4.39 Å². The van der Waals surface area contributed by atoms with E-state index in [4.69, 9.17) is 0 Å². The molecule has 0 aromatic carbocycles. The Hall–Kier alpha value is 0.150. The molecule has 0 aliphatic rings.